The second kappa shape index (κ2) is 8.05. The molecule has 8 heteroatoms. The molecule has 4 rings (SSSR count). The highest BCUT2D eigenvalue weighted by Gasteiger charge is 2.21. The number of nitrogens with one attached hydrogen (secondary N) is 1. The minimum atomic E-state index is -3.25. The van der Waals surface area contributed by atoms with Gasteiger partial charge in [0, 0.05) is 48.6 Å². The molecule has 148 valence electrons. The fraction of sp³-hybridized carbons (Fsp3) is 0.450. The van der Waals surface area contributed by atoms with Crippen LogP contribution in [0.15, 0.2) is 24.5 Å². The van der Waals surface area contributed by atoms with E-state index in [2.05, 4.69) is 15.0 Å². The van der Waals surface area contributed by atoms with Gasteiger partial charge in [-0.25, -0.2) is 23.7 Å². The van der Waals surface area contributed by atoms with E-state index in [1.54, 1.807) is 4.90 Å². The summed E-state index contributed by atoms with van der Waals surface area (Å²) in [6.07, 6.45) is 1.16. The van der Waals surface area contributed by atoms with Gasteiger partial charge >= 0.3 is 0 Å². The molecule has 2 aromatic heterocycles. The fourth-order valence-corrected chi connectivity index (χ4v) is 3.72. The Kier molecular flexibility index (Phi) is 3.03. The number of piperidine rings is 1. The first-order valence-electron chi connectivity index (χ1n) is 13.5. The Morgan fingerprint density at radius 2 is 2.11 bits per heavy atom. The van der Waals surface area contributed by atoms with E-state index in [0.717, 1.165) is 23.8 Å². The number of halogens is 2. The van der Waals surface area contributed by atoms with Crippen molar-refractivity contribution in [3.05, 3.63) is 46.7 Å². The van der Waals surface area contributed by atoms with Crippen molar-refractivity contribution in [2.24, 2.45) is 0 Å². The van der Waals surface area contributed by atoms with Gasteiger partial charge in [0.1, 0.15) is 28.3 Å². The molecule has 1 aliphatic heterocycles. The van der Waals surface area contributed by atoms with Crippen LogP contribution in [0.4, 0.5) is 14.6 Å². The van der Waals surface area contributed by atoms with Crippen molar-refractivity contribution in [1.82, 2.24) is 19.9 Å². The summed E-state index contributed by atoms with van der Waals surface area (Å²) in [6.45, 7) is -7.28. The van der Waals surface area contributed by atoms with Crippen LogP contribution in [-0.4, -0.2) is 39.0 Å². The Balaban J connectivity index is 1.61. The van der Waals surface area contributed by atoms with Crippen molar-refractivity contribution in [2.45, 2.75) is 45.0 Å². The van der Waals surface area contributed by atoms with Crippen molar-refractivity contribution < 1.29 is 22.5 Å². The Morgan fingerprint density at radius 1 is 1.36 bits per heavy atom. The highest BCUT2D eigenvalue weighted by molar-refractivity contribution is 7.18. The zero-order valence-corrected chi connectivity index (χ0v) is 15.4. The Labute approximate surface area is 180 Å². The van der Waals surface area contributed by atoms with Gasteiger partial charge in [-0.05, 0) is 30.5 Å². The van der Waals surface area contributed by atoms with E-state index in [1.165, 1.54) is 0 Å². The molecule has 1 aromatic carbocycles. The van der Waals surface area contributed by atoms with E-state index in [9.17, 15) is 8.78 Å². The van der Waals surface area contributed by atoms with Crippen molar-refractivity contribution in [3.63, 3.8) is 0 Å². The number of hydrogen-bond donors (Lipinski definition) is 1. The summed E-state index contributed by atoms with van der Waals surface area (Å²) in [5.41, 5.74) is 0.0212. The quantitative estimate of drug-likeness (QED) is 0.664. The van der Waals surface area contributed by atoms with Gasteiger partial charge in [0.15, 0.2) is 7.23 Å². The monoisotopic (exact) mass is 413 g/mol. The van der Waals surface area contributed by atoms with Crippen LogP contribution >= 0.6 is 11.3 Å². The van der Waals surface area contributed by atoms with Crippen molar-refractivity contribution >= 4 is 27.5 Å². The maximum absolute atomic E-state index is 13.6. The molecule has 1 atom stereocenters. The first-order valence-corrected chi connectivity index (χ1v) is 9.33. The lowest BCUT2D eigenvalue weighted by Crippen LogP contribution is -2.38. The number of likely N-dealkylation sites (tertiary alicyclic amines) is 1. The van der Waals surface area contributed by atoms with Gasteiger partial charge in [-0.3, -0.25) is 4.90 Å². The second-order valence-corrected chi connectivity index (χ2v) is 7.27. The minimum absolute atomic E-state index is 0.0408. The smallest absolute Gasteiger partial charge is 0.162 e. The summed E-state index contributed by atoms with van der Waals surface area (Å²) in [6, 6.07) is 1.29. The lowest BCUT2D eigenvalue weighted by molar-refractivity contribution is 0.211. The molecule has 1 saturated heterocycles. The first-order chi connectivity index (χ1) is 17.5. The number of hydrogen-bond acceptors (Lipinski definition) is 6. The van der Waals surface area contributed by atoms with E-state index in [0.29, 0.717) is 17.4 Å². The van der Waals surface area contributed by atoms with Gasteiger partial charge in [0.2, 0.25) is 0 Å². The van der Waals surface area contributed by atoms with E-state index in [1.807, 2.05) is 0 Å². The third kappa shape index (κ3) is 4.28. The molecule has 0 saturated carbocycles. The molecule has 0 spiro atoms. The van der Waals surface area contributed by atoms with Crippen LogP contribution in [0.25, 0.3) is 10.3 Å². The van der Waals surface area contributed by atoms with Crippen LogP contribution in [0.5, 0.6) is 0 Å². The third-order valence-electron chi connectivity index (χ3n) is 4.25. The molecule has 28 heavy (non-hydrogen) atoms. The van der Waals surface area contributed by atoms with Crippen molar-refractivity contribution in [2.75, 3.05) is 18.4 Å². The normalized spacial score (nSPS) is 24.9. The standard InChI is InChI=1S/C20H23F2N5S/c1-12(2)19-26-17-18(23-11-24-20(17)28-19)25-16-3-5-27(6-4-16)10-13-7-14(21)9-15(22)8-13/h7-9,11-12,16H,3-6,10H2,1-2H3,(H,23,24,25)/i1D3,2D3,10D,12D,16D/hD. The lowest BCUT2D eigenvalue weighted by atomic mass is 10.0. The molecular formula is C20H23F2N5S. The molecule has 3 aromatic rings. The number of anilines is 1. The first kappa shape index (κ1) is 10.5. The van der Waals surface area contributed by atoms with Crippen molar-refractivity contribution in [3.8, 4) is 0 Å². The van der Waals surface area contributed by atoms with Gasteiger partial charge in [-0.1, -0.05) is 25.0 Å². The van der Waals surface area contributed by atoms with Gasteiger partial charge < -0.3 is 5.31 Å². The molecule has 0 radical (unpaired) electrons. The van der Waals surface area contributed by atoms with Crippen LogP contribution in [0.3, 0.4) is 0 Å². The van der Waals surface area contributed by atoms with Crippen LogP contribution in [0.1, 0.15) is 55.3 Å². The second-order valence-electron chi connectivity index (χ2n) is 6.29. The molecule has 0 aliphatic carbocycles. The van der Waals surface area contributed by atoms with Gasteiger partial charge in [-0.2, -0.15) is 0 Å². The molecular weight excluding hydrogens is 380 g/mol. The summed E-state index contributed by atoms with van der Waals surface area (Å²) >= 11 is 0.604. The van der Waals surface area contributed by atoms with E-state index in [4.69, 9.17) is 13.7 Å². The Morgan fingerprint density at radius 3 is 2.82 bits per heavy atom. The lowest BCUT2D eigenvalue weighted by Gasteiger charge is -2.32. The summed E-state index contributed by atoms with van der Waals surface area (Å²) in [4.78, 5) is 13.8. The summed E-state index contributed by atoms with van der Waals surface area (Å²) in [5.74, 6) is -4.80. The SMILES string of the molecule is [2H]C(c1cc(F)cc(F)c1)N1CCC([2H])(N([2H])c2ncnc3sc(C([2H])(C([2H])([2H])[2H])C([2H])([2H])[2H])nc23)CC1. The maximum atomic E-state index is 13.6. The van der Waals surface area contributed by atoms with Crippen molar-refractivity contribution in [1.29, 1.82) is 0 Å². The van der Waals surface area contributed by atoms with Crippen LogP contribution in [0.2, 0.25) is 1.41 Å². The molecule has 5 nitrogen and oxygen atoms in total. The number of rotatable bonds is 5. The average Bonchev–Trinajstić information content (AvgIpc) is 3.25. The zero-order valence-electron chi connectivity index (χ0n) is 24.6. The molecule has 1 fully saturated rings. The van der Waals surface area contributed by atoms with Gasteiger partial charge in [-0.15, -0.1) is 0 Å². The Hall–Kier alpha value is -2.19. The Bertz CT molecular complexity index is 1290. The summed E-state index contributed by atoms with van der Waals surface area (Å²) in [5, 5.41) is 0.255. The van der Waals surface area contributed by atoms with Gasteiger partial charge in [0.05, 0.1) is 6.38 Å². The molecule has 0 bridgehead atoms. The molecule has 1 aliphatic rings. The van der Waals surface area contributed by atoms with E-state index >= 15 is 0 Å². The summed E-state index contributed by atoms with van der Waals surface area (Å²) in [7, 11) is 0. The highest BCUT2D eigenvalue weighted by Crippen LogP contribution is 2.29. The zero-order chi connectivity index (χ0) is 28.3. The van der Waals surface area contributed by atoms with Crippen LogP contribution in [0, 0.1) is 11.6 Å². The highest BCUT2D eigenvalue weighted by atomic mass is 32.1. The van der Waals surface area contributed by atoms with E-state index < -0.39 is 48.8 Å². The van der Waals surface area contributed by atoms with Crippen LogP contribution < -0.4 is 5.31 Å². The average molecular weight is 414 g/mol. The number of nitrogens with zero attached hydrogens (tertiary/aromatic N) is 4. The molecule has 3 heterocycles. The topological polar surface area (TPSA) is 53.9 Å². The number of benzene rings is 1. The predicted octanol–water partition coefficient (Wildman–Crippen LogP) is 4.56. The molecule has 1 unspecified atom stereocenters. The van der Waals surface area contributed by atoms with E-state index in [-0.39, 0.29) is 47.7 Å². The summed E-state index contributed by atoms with van der Waals surface area (Å²) < 4.78 is 108. The van der Waals surface area contributed by atoms with Crippen LogP contribution in [-0.2, 0) is 6.52 Å². The van der Waals surface area contributed by atoms with Gasteiger partial charge in [0.25, 0.3) is 0 Å². The third-order valence-corrected chi connectivity index (χ3v) is 5.23. The molecule has 0 amide bonds. The number of thiazole rings is 1. The number of fused-ring (bicyclic) bond motifs is 1. The largest absolute Gasteiger partial charge is 0.365 e. The molecule has 1 N–H and O–H groups in total. The number of aromatic nitrogens is 3. The fourth-order valence-electron chi connectivity index (χ4n) is 2.96. The maximum Gasteiger partial charge on any atom is 0.162 e. The minimum Gasteiger partial charge on any atom is -0.365 e. The predicted molar refractivity (Wildman–Crippen MR) is 108 cm³/mol.